The Morgan fingerprint density at radius 3 is 2.33 bits per heavy atom. The molecule has 12 heavy (non-hydrogen) atoms. The zero-order valence-electron chi connectivity index (χ0n) is 7.49. The average Bonchev–Trinajstić information content (AvgIpc) is 2.04. The van der Waals surface area contributed by atoms with Crippen LogP contribution in [0.1, 0.15) is 25.5 Å². The zero-order valence-corrected chi connectivity index (χ0v) is 8.38. The molecule has 0 heterocycles. The monoisotopic (exact) mass is 181 g/mol. The molecule has 2 N–H and O–H groups in total. The van der Waals surface area contributed by atoms with Gasteiger partial charge >= 0.3 is 0 Å². The van der Waals surface area contributed by atoms with Gasteiger partial charge in [-0.3, -0.25) is 0 Å². The Hall–Kier alpha value is -0.470. The molecule has 1 aromatic carbocycles. The van der Waals surface area contributed by atoms with Crippen molar-refractivity contribution in [2.24, 2.45) is 11.7 Å². The predicted octanol–water partition coefficient (Wildman–Crippen LogP) is 2.63. The summed E-state index contributed by atoms with van der Waals surface area (Å²) in [4.78, 5) is 0.985. The molecular weight excluding hydrogens is 166 g/mol. The van der Waals surface area contributed by atoms with Crippen LogP contribution in [0.25, 0.3) is 0 Å². The van der Waals surface area contributed by atoms with Gasteiger partial charge in [0.15, 0.2) is 0 Å². The van der Waals surface area contributed by atoms with E-state index in [0.717, 1.165) is 10.5 Å². The number of benzene rings is 1. The number of thiol groups is 1. The van der Waals surface area contributed by atoms with Crippen molar-refractivity contribution in [3.63, 3.8) is 0 Å². The predicted molar refractivity (Wildman–Crippen MR) is 55.5 cm³/mol. The van der Waals surface area contributed by atoms with E-state index in [-0.39, 0.29) is 6.04 Å². The number of hydrogen-bond donors (Lipinski definition) is 2. The van der Waals surface area contributed by atoms with E-state index in [0.29, 0.717) is 5.92 Å². The van der Waals surface area contributed by atoms with Gasteiger partial charge in [-0.1, -0.05) is 32.0 Å². The quantitative estimate of drug-likeness (QED) is 0.674. The third-order valence-corrected chi connectivity index (χ3v) is 2.42. The van der Waals surface area contributed by atoms with Gasteiger partial charge < -0.3 is 5.73 Å². The molecule has 1 aromatic rings. The number of hydrogen-bond acceptors (Lipinski definition) is 2. The summed E-state index contributed by atoms with van der Waals surface area (Å²) < 4.78 is 0. The van der Waals surface area contributed by atoms with Crippen molar-refractivity contribution in [3.05, 3.63) is 29.8 Å². The maximum absolute atomic E-state index is 5.99. The molecule has 66 valence electrons. The van der Waals surface area contributed by atoms with E-state index in [9.17, 15) is 0 Å². The summed E-state index contributed by atoms with van der Waals surface area (Å²) >= 11 is 4.35. The molecule has 0 unspecified atom stereocenters. The minimum Gasteiger partial charge on any atom is -0.324 e. The zero-order chi connectivity index (χ0) is 9.14. The molecule has 0 aromatic heterocycles. The molecule has 0 radical (unpaired) electrons. The van der Waals surface area contributed by atoms with Crippen molar-refractivity contribution in [2.45, 2.75) is 24.8 Å². The van der Waals surface area contributed by atoms with Crippen molar-refractivity contribution < 1.29 is 0 Å². The highest BCUT2D eigenvalue weighted by atomic mass is 32.1. The molecule has 0 aliphatic carbocycles. The highest BCUT2D eigenvalue weighted by Crippen LogP contribution is 2.24. The Morgan fingerprint density at radius 2 is 1.83 bits per heavy atom. The average molecular weight is 181 g/mol. The van der Waals surface area contributed by atoms with Crippen molar-refractivity contribution in [3.8, 4) is 0 Å². The summed E-state index contributed by atoms with van der Waals surface area (Å²) in [6.07, 6.45) is 0. The highest BCUT2D eigenvalue weighted by molar-refractivity contribution is 7.80. The van der Waals surface area contributed by atoms with Crippen LogP contribution in [0.3, 0.4) is 0 Å². The second kappa shape index (κ2) is 3.97. The molecule has 1 rings (SSSR count). The lowest BCUT2D eigenvalue weighted by Crippen LogP contribution is -2.17. The van der Waals surface area contributed by atoms with Crippen molar-refractivity contribution in [2.75, 3.05) is 0 Å². The summed E-state index contributed by atoms with van der Waals surface area (Å²) in [5.74, 6) is 0.457. The lowest BCUT2D eigenvalue weighted by molar-refractivity contribution is 0.508. The molecule has 0 saturated heterocycles. The summed E-state index contributed by atoms with van der Waals surface area (Å²) in [5.41, 5.74) is 7.12. The van der Waals surface area contributed by atoms with Gasteiger partial charge in [-0.25, -0.2) is 0 Å². The Balaban J connectivity index is 2.94. The van der Waals surface area contributed by atoms with Crippen LogP contribution in [0, 0.1) is 5.92 Å². The summed E-state index contributed by atoms with van der Waals surface area (Å²) in [6.45, 7) is 4.23. The van der Waals surface area contributed by atoms with Gasteiger partial charge in [-0.05, 0) is 17.5 Å². The summed E-state index contributed by atoms with van der Waals surface area (Å²) in [7, 11) is 0. The van der Waals surface area contributed by atoms with Gasteiger partial charge in [0.25, 0.3) is 0 Å². The smallest absolute Gasteiger partial charge is 0.0329 e. The van der Waals surface area contributed by atoms with Gasteiger partial charge in [0, 0.05) is 10.9 Å². The van der Waals surface area contributed by atoms with Crippen molar-refractivity contribution in [1.82, 2.24) is 0 Å². The van der Waals surface area contributed by atoms with Crippen LogP contribution in [0.15, 0.2) is 29.2 Å². The summed E-state index contributed by atoms with van der Waals surface area (Å²) in [6, 6.07) is 8.07. The van der Waals surface area contributed by atoms with Crippen LogP contribution in [0.5, 0.6) is 0 Å². The molecule has 0 aliphatic heterocycles. The van der Waals surface area contributed by atoms with E-state index < -0.39 is 0 Å². The first-order valence-electron chi connectivity index (χ1n) is 4.16. The van der Waals surface area contributed by atoms with E-state index in [1.807, 2.05) is 24.3 Å². The lowest BCUT2D eigenvalue weighted by Gasteiger charge is -2.17. The Morgan fingerprint density at radius 1 is 1.25 bits per heavy atom. The van der Waals surface area contributed by atoms with Crippen LogP contribution < -0.4 is 5.73 Å². The van der Waals surface area contributed by atoms with Crippen LogP contribution in [-0.2, 0) is 0 Å². The molecule has 0 aliphatic rings. The van der Waals surface area contributed by atoms with Crippen LogP contribution in [0.4, 0.5) is 0 Å². The minimum absolute atomic E-state index is 0.0960. The normalized spacial score (nSPS) is 13.4. The van der Waals surface area contributed by atoms with Crippen molar-refractivity contribution in [1.29, 1.82) is 0 Å². The molecule has 0 fully saturated rings. The maximum atomic E-state index is 5.99. The largest absolute Gasteiger partial charge is 0.324 e. The van der Waals surface area contributed by atoms with Crippen LogP contribution in [-0.4, -0.2) is 0 Å². The topological polar surface area (TPSA) is 26.0 Å². The van der Waals surface area contributed by atoms with Gasteiger partial charge in [-0.2, -0.15) is 0 Å². The molecule has 0 bridgehead atoms. The summed E-state index contributed by atoms with van der Waals surface area (Å²) in [5, 5.41) is 0. The minimum atomic E-state index is 0.0960. The Labute approximate surface area is 79.4 Å². The van der Waals surface area contributed by atoms with Gasteiger partial charge in [-0.15, -0.1) is 12.6 Å². The van der Waals surface area contributed by atoms with Gasteiger partial charge in [0.1, 0.15) is 0 Å². The fourth-order valence-electron chi connectivity index (χ4n) is 1.13. The van der Waals surface area contributed by atoms with E-state index in [1.54, 1.807) is 0 Å². The van der Waals surface area contributed by atoms with Crippen LogP contribution >= 0.6 is 12.6 Å². The molecule has 0 spiro atoms. The Bertz CT molecular complexity index is 258. The first kappa shape index (κ1) is 9.62. The lowest BCUT2D eigenvalue weighted by atomic mass is 9.97. The molecule has 0 amide bonds. The fourth-order valence-corrected chi connectivity index (χ4v) is 1.44. The standard InChI is InChI=1S/C10H15NS/c1-7(2)10(11)8-5-3-4-6-9(8)12/h3-7,10,12H,11H2,1-2H3/t10-/m0/s1. The first-order chi connectivity index (χ1) is 5.63. The second-order valence-electron chi connectivity index (χ2n) is 3.33. The van der Waals surface area contributed by atoms with Gasteiger partial charge in [0.2, 0.25) is 0 Å². The van der Waals surface area contributed by atoms with E-state index >= 15 is 0 Å². The highest BCUT2D eigenvalue weighted by Gasteiger charge is 2.11. The Kier molecular flexibility index (Phi) is 3.18. The second-order valence-corrected chi connectivity index (χ2v) is 3.81. The molecule has 1 atom stereocenters. The van der Waals surface area contributed by atoms with Crippen molar-refractivity contribution >= 4 is 12.6 Å². The molecule has 2 heteroatoms. The maximum Gasteiger partial charge on any atom is 0.0329 e. The number of rotatable bonds is 2. The molecule has 1 nitrogen and oxygen atoms in total. The molecular formula is C10H15NS. The first-order valence-corrected chi connectivity index (χ1v) is 4.61. The van der Waals surface area contributed by atoms with E-state index in [2.05, 4.69) is 26.5 Å². The SMILES string of the molecule is CC(C)[C@H](N)c1ccccc1S. The van der Waals surface area contributed by atoms with E-state index in [1.165, 1.54) is 0 Å². The van der Waals surface area contributed by atoms with Gasteiger partial charge in [0.05, 0.1) is 0 Å². The number of nitrogens with two attached hydrogens (primary N) is 1. The van der Waals surface area contributed by atoms with Crippen LogP contribution in [0.2, 0.25) is 0 Å². The molecule has 0 saturated carbocycles. The van der Waals surface area contributed by atoms with E-state index in [4.69, 9.17) is 5.73 Å². The fraction of sp³-hybridized carbons (Fsp3) is 0.400. The third-order valence-electron chi connectivity index (χ3n) is 2.01. The third kappa shape index (κ3) is 2.02.